The van der Waals surface area contributed by atoms with E-state index in [1.807, 2.05) is 6.92 Å². The molecule has 1 fully saturated rings. The zero-order chi connectivity index (χ0) is 18.2. The quantitative estimate of drug-likeness (QED) is 0.800. The Labute approximate surface area is 147 Å². The first-order chi connectivity index (χ1) is 12.0. The highest BCUT2D eigenvalue weighted by molar-refractivity contribution is 5.96. The van der Waals surface area contributed by atoms with Crippen LogP contribution in [-0.4, -0.2) is 50.2 Å². The second-order valence-corrected chi connectivity index (χ2v) is 6.12. The molecule has 0 aliphatic carbocycles. The monoisotopic (exact) mass is 344 g/mol. The Kier molecular flexibility index (Phi) is 6.78. The number of piperidine rings is 1. The summed E-state index contributed by atoms with van der Waals surface area (Å²) in [6, 6.07) is 7.17. The third-order valence-corrected chi connectivity index (χ3v) is 4.21. The van der Waals surface area contributed by atoms with E-state index in [0.717, 1.165) is 18.4 Å². The number of ether oxygens (including phenoxy) is 1. The standard InChI is InChI=1S/C18H24N4O3/c1-13-10-15(17(23)20-7-9-25-2)5-6-16(13)21-18(24)22-8-3-4-14(11-19)12-22/h5-6,10,14H,3-4,7-9,12H2,1-2H3,(H,20,23)(H,21,24). The molecule has 0 aromatic heterocycles. The van der Waals surface area contributed by atoms with E-state index in [1.54, 1.807) is 30.2 Å². The highest BCUT2D eigenvalue weighted by atomic mass is 16.5. The van der Waals surface area contributed by atoms with Gasteiger partial charge in [-0.3, -0.25) is 4.79 Å². The molecule has 7 heteroatoms. The normalized spacial score (nSPS) is 16.8. The highest BCUT2D eigenvalue weighted by Gasteiger charge is 2.23. The predicted octanol–water partition coefficient (Wildman–Crippen LogP) is 2.14. The van der Waals surface area contributed by atoms with Crippen molar-refractivity contribution in [1.82, 2.24) is 10.2 Å². The number of urea groups is 1. The van der Waals surface area contributed by atoms with E-state index in [-0.39, 0.29) is 17.9 Å². The number of likely N-dealkylation sites (tertiary alicyclic amines) is 1. The van der Waals surface area contributed by atoms with E-state index >= 15 is 0 Å². The maximum Gasteiger partial charge on any atom is 0.321 e. The Morgan fingerprint density at radius 2 is 2.24 bits per heavy atom. The van der Waals surface area contributed by atoms with Crippen LogP contribution in [0.25, 0.3) is 0 Å². The van der Waals surface area contributed by atoms with Gasteiger partial charge in [0.2, 0.25) is 0 Å². The number of nitrogens with zero attached hydrogens (tertiary/aromatic N) is 2. The molecule has 3 amide bonds. The summed E-state index contributed by atoms with van der Waals surface area (Å²) >= 11 is 0. The summed E-state index contributed by atoms with van der Waals surface area (Å²) in [5.74, 6) is -0.273. The summed E-state index contributed by atoms with van der Waals surface area (Å²) in [5.41, 5.74) is 2.01. The summed E-state index contributed by atoms with van der Waals surface area (Å²) in [4.78, 5) is 26.1. The van der Waals surface area contributed by atoms with Gasteiger partial charge in [0, 0.05) is 38.0 Å². The maximum atomic E-state index is 12.4. The predicted molar refractivity (Wildman–Crippen MR) is 94.3 cm³/mol. The van der Waals surface area contributed by atoms with Gasteiger partial charge in [0.15, 0.2) is 0 Å². The van der Waals surface area contributed by atoms with E-state index in [2.05, 4.69) is 16.7 Å². The van der Waals surface area contributed by atoms with Crippen molar-refractivity contribution in [2.75, 3.05) is 38.7 Å². The summed E-state index contributed by atoms with van der Waals surface area (Å²) in [5, 5.41) is 14.7. The van der Waals surface area contributed by atoms with Crippen molar-refractivity contribution in [3.8, 4) is 6.07 Å². The molecule has 0 radical (unpaired) electrons. The van der Waals surface area contributed by atoms with Crippen LogP contribution < -0.4 is 10.6 Å². The number of nitrogens with one attached hydrogen (secondary N) is 2. The van der Waals surface area contributed by atoms with E-state index in [0.29, 0.717) is 37.5 Å². The molecule has 1 aliphatic rings. The van der Waals surface area contributed by atoms with E-state index < -0.39 is 0 Å². The Morgan fingerprint density at radius 3 is 2.92 bits per heavy atom. The number of nitriles is 1. The van der Waals surface area contributed by atoms with Gasteiger partial charge in [0.1, 0.15) is 0 Å². The largest absolute Gasteiger partial charge is 0.383 e. The summed E-state index contributed by atoms with van der Waals surface area (Å²) in [6.07, 6.45) is 1.68. The molecule has 1 heterocycles. The number of rotatable bonds is 5. The van der Waals surface area contributed by atoms with Crippen molar-refractivity contribution < 1.29 is 14.3 Å². The molecule has 0 bridgehead atoms. The van der Waals surface area contributed by atoms with Gasteiger partial charge in [-0.25, -0.2) is 4.79 Å². The van der Waals surface area contributed by atoms with Crippen LogP contribution in [0.15, 0.2) is 18.2 Å². The molecule has 1 aliphatic heterocycles. The first-order valence-electron chi connectivity index (χ1n) is 8.38. The zero-order valence-electron chi connectivity index (χ0n) is 14.7. The van der Waals surface area contributed by atoms with Gasteiger partial charge in [-0.1, -0.05) is 0 Å². The third kappa shape index (κ3) is 5.19. The summed E-state index contributed by atoms with van der Waals surface area (Å²) in [7, 11) is 1.58. The third-order valence-electron chi connectivity index (χ3n) is 4.21. The van der Waals surface area contributed by atoms with Crippen molar-refractivity contribution in [3.05, 3.63) is 29.3 Å². The van der Waals surface area contributed by atoms with Crippen LogP contribution in [0.4, 0.5) is 10.5 Å². The van der Waals surface area contributed by atoms with Crippen LogP contribution in [0.2, 0.25) is 0 Å². The molecule has 1 aromatic rings. The molecule has 2 rings (SSSR count). The number of carbonyl (C=O) groups is 2. The smallest absolute Gasteiger partial charge is 0.321 e. The Morgan fingerprint density at radius 1 is 1.44 bits per heavy atom. The minimum absolute atomic E-state index is 0.0984. The van der Waals surface area contributed by atoms with Crippen molar-refractivity contribution in [1.29, 1.82) is 5.26 Å². The number of benzene rings is 1. The molecule has 0 saturated carbocycles. The van der Waals surface area contributed by atoms with E-state index in [1.165, 1.54) is 0 Å². The Hall–Kier alpha value is -2.59. The molecule has 134 valence electrons. The lowest BCUT2D eigenvalue weighted by atomic mass is 10.0. The molecule has 25 heavy (non-hydrogen) atoms. The Balaban J connectivity index is 1.97. The number of anilines is 1. The summed E-state index contributed by atoms with van der Waals surface area (Å²) in [6.45, 7) is 3.86. The molecule has 2 N–H and O–H groups in total. The average molecular weight is 344 g/mol. The van der Waals surface area contributed by atoms with Gasteiger partial charge in [0.25, 0.3) is 5.91 Å². The molecular formula is C18H24N4O3. The fourth-order valence-electron chi connectivity index (χ4n) is 2.78. The van der Waals surface area contributed by atoms with Crippen LogP contribution in [0.3, 0.4) is 0 Å². The minimum atomic E-state index is -0.208. The van der Waals surface area contributed by atoms with Crippen LogP contribution in [0, 0.1) is 24.2 Å². The maximum absolute atomic E-state index is 12.4. The van der Waals surface area contributed by atoms with E-state index in [4.69, 9.17) is 10.00 Å². The lowest BCUT2D eigenvalue weighted by molar-refractivity contribution is 0.0937. The highest BCUT2D eigenvalue weighted by Crippen LogP contribution is 2.20. The van der Waals surface area contributed by atoms with E-state index in [9.17, 15) is 9.59 Å². The number of methoxy groups -OCH3 is 1. The SMILES string of the molecule is COCCNC(=O)c1ccc(NC(=O)N2CCCC(C#N)C2)c(C)c1. The van der Waals surface area contributed by atoms with Gasteiger partial charge < -0.3 is 20.3 Å². The lowest BCUT2D eigenvalue weighted by Gasteiger charge is -2.29. The number of aryl methyl sites for hydroxylation is 1. The van der Waals surface area contributed by atoms with Crippen molar-refractivity contribution in [2.24, 2.45) is 5.92 Å². The molecular weight excluding hydrogens is 320 g/mol. The van der Waals surface area contributed by atoms with Gasteiger partial charge >= 0.3 is 6.03 Å². The molecule has 7 nitrogen and oxygen atoms in total. The molecule has 1 unspecified atom stereocenters. The molecule has 0 spiro atoms. The summed E-state index contributed by atoms with van der Waals surface area (Å²) < 4.78 is 4.90. The Bertz CT molecular complexity index is 669. The number of hydrogen-bond donors (Lipinski definition) is 2. The zero-order valence-corrected chi connectivity index (χ0v) is 14.7. The topological polar surface area (TPSA) is 94.5 Å². The second-order valence-electron chi connectivity index (χ2n) is 6.12. The van der Waals surface area contributed by atoms with Crippen LogP contribution >= 0.6 is 0 Å². The number of hydrogen-bond acceptors (Lipinski definition) is 4. The molecule has 1 aromatic carbocycles. The first kappa shape index (κ1) is 18.7. The average Bonchev–Trinajstić information content (AvgIpc) is 2.63. The lowest BCUT2D eigenvalue weighted by Crippen LogP contribution is -2.42. The minimum Gasteiger partial charge on any atom is -0.383 e. The van der Waals surface area contributed by atoms with Gasteiger partial charge in [-0.05, 0) is 43.5 Å². The number of carbonyl (C=O) groups excluding carboxylic acids is 2. The van der Waals surface area contributed by atoms with Crippen LogP contribution in [-0.2, 0) is 4.74 Å². The van der Waals surface area contributed by atoms with Crippen LogP contribution in [0.5, 0.6) is 0 Å². The van der Waals surface area contributed by atoms with Gasteiger partial charge in [0.05, 0.1) is 18.6 Å². The van der Waals surface area contributed by atoms with Gasteiger partial charge in [-0.2, -0.15) is 5.26 Å². The fourth-order valence-corrected chi connectivity index (χ4v) is 2.78. The van der Waals surface area contributed by atoms with Crippen molar-refractivity contribution in [3.63, 3.8) is 0 Å². The molecule has 1 atom stereocenters. The van der Waals surface area contributed by atoms with Crippen LogP contribution in [0.1, 0.15) is 28.8 Å². The fraction of sp³-hybridized carbons (Fsp3) is 0.500. The van der Waals surface area contributed by atoms with Crippen molar-refractivity contribution >= 4 is 17.6 Å². The van der Waals surface area contributed by atoms with Gasteiger partial charge in [-0.15, -0.1) is 0 Å². The van der Waals surface area contributed by atoms with Crippen molar-refractivity contribution in [2.45, 2.75) is 19.8 Å². The first-order valence-corrected chi connectivity index (χ1v) is 8.38. The molecule has 1 saturated heterocycles. The second kappa shape index (κ2) is 9.04. The number of amides is 3.